The Bertz CT molecular complexity index is 1220. The monoisotopic (exact) mass is 517 g/mol. The fourth-order valence-corrected chi connectivity index (χ4v) is 4.24. The lowest BCUT2D eigenvalue weighted by Gasteiger charge is -2.38. The molecule has 0 saturated heterocycles. The summed E-state index contributed by atoms with van der Waals surface area (Å²) in [7, 11) is 0. The van der Waals surface area contributed by atoms with Crippen LogP contribution in [-0.4, -0.2) is 35.4 Å². The van der Waals surface area contributed by atoms with Crippen molar-refractivity contribution in [3.8, 4) is 5.75 Å². The minimum atomic E-state index is -1.03. The van der Waals surface area contributed by atoms with Crippen molar-refractivity contribution >= 4 is 12.1 Å². The van der Waals surface area contributed by atoms with E-state index in [4.69, 9.17) is 18.9 Å². The molecule has 38 heavy (non-hydrogen) atoms. The molecule has 7 heteroatoms. The van der Waals surface area contributed by atoms with Gasteiger partial charge in [-0.1, -0.05) is 66.7 Å². The Hall–Kier alpha value is -3.84. The van der Waals surface area contributed by atoms with Crippen LogP contribution < -0.4 is 4.74 Å². The van der Waals surface area contributed by atoms with E-state index in [0.29, 0.717) is 30.9 Å². The molecular weight excluding hydrogens is 482 g/mol. The first-order chi connectivity index (χ1) is 18.2. The van der Waals surface area contributed by atoms with E-state index in [0.717, 1.165) is 16.7 Å². The summed E-state index contributed by atoms with van der Waals surface area (Å²) in [5.41, 5.74) is 3.08. The van der Waals surface area contributed by atoms with E-state index in [1.807, 2.05) is 75.4 Å². The highest BCUT2D eigenvalue weighted by Crippen LogP contribution is 2.31. The van der Waals surface area contributed by atoms with Crippen LogP contribution in [0.25, 0.3) is 0 Å². The molecule has 3 aromatic rings. The highest BCUT2D eigenvalue weighted by molar-refractivity contribution is 5.77. The van der Waals surface area contributed by atoms with Crippen molar-refractivity contribution in [3.05, 3.63) is 101 Å². The van der Waals surface area contributed by atoms with E-state index in [1.165, 1.54) is 4.90 Å². The summed E-state index contributed by atoms with van der Waals surface area (Å²) >= 11 is 0. The van der Waals surface area contributed by atoms with Crippen LogP contribution in [0.4, 0.5) is 4.79 Å². The molecule has 0 bridgehead atoms. The molecule has 0 fully saturated rings. The van der Waals surface area contributed by atoms with Gasteiger partial charge in [-0.05, 0) is 62.1 Å². The summed E-state index contributed by atoms with van der Waals surface area (Å²) in [6, 6.07) is 25.0. The normalized spacial score (nSPS) is 15.8. The van der Waals surface area contributed by atoms with Crippen molar-refractivity contribution in [2.45, 2.75) is 65.2 Å². The third-order valence-corrected chi connectivity index (χ3v) is 6.05. The quantitative estimate of drug-likeness (QED) is 0.331. The molecule has 3 aromatic carbocycles. The van der Waals surface area contributed by atoms with Crippen LogP contribution in [0.2, 0.25) is 0 Å². The van der Waals surface area contributed by atoms with Gasteiger partial charge in [0.1, 0.15) is 24.2 Å². The van der Waals surface area contributed by atoms with Crippen LogP contribution in [-0.2, 0) is 38.6 Å². The minimum absolute atomic E-state index is 0.209. The lowest BCUT2D eigenvalue weighted by molar-refractivity contribution is -0.171. The maximum atomic E-state index is 13.2. The topological polar surface area (TPSA) is 74.3 Å². The van der Waals surface area contributed by atoms with E-state index in [9.17, 15) is 9.59 Å². The van der Waals surface area contributed by atoms with E-state index in [2.05, 4.69) is 0 Å². The van der Waals surface area contributed by atoms with Crippen LogP contribution in [0.3, 0.4) is 0 Å². The van der Waals surface area contributed by atoms with E-state index in [1.54, 1.807) is 31.2 Å². The molecule has 1 heterocycles. The molecule has 1 aliphatic heterocycles. The number of benzene rings is 3. The lowest BCUT2D eigenvalue weighted by Crippen LogP contribution is -2.48. The summed E-state index contributed by atoms with van der Waals surface area (Å²) in [5, 5.41) is 0. The molecular formula is C31H35NO6. The standard InChI is InChI=1S/C31H35NO6/c1-5-35-29(33)28(23-15-17-26(18-16-23)36-21-22-11-7-6-8-12-22)37-27-19-24-13-9-10-14-25(24)20-32(27)30(34)38-31(2,3)4/h6-18,27-28H,5,19-21H2,1-4H3. The van der Waals surface area contributed by atoms with Gasteiger partial charge in [0, 0.05) is 6.42 Å². The molecule has 7 nitrogen and oxygen atoms in total. The number of rotatable bonds is 8. The molecule has 0 spiro atoms. The van der Waals surface area contributed by atoms with Crippen molar-refractivity contribution in [2.24, 2.45) is 0 Å². The van der Waals surface area contributed by atoms with Gasteiger partial charge in [-0.3, -0.25) is 4.90 Å². The third-order valence-electron chi connectivity index (χ3n) is 6.05. The van der Waals surface area contributed by atoms with Crippen LogP contribution in [0, 0.1) is 0 Å². The number of hydrogen-bond acceptors (Lipinski definition) is 6. The van der Waals surface area contributed by atoms with Crippen LogP contribution >= 0.6 is 0 Å². The van der Waals surface area contributed by atoms with Crippen molar-refractivity contribution in [1.29, 1.82) is 0 Å². The molecule has 0 radical (unpaired) electrons. The Kier molecular flexibility index (Phi) is 8.69. The average Bonchev–Trinajstić information content (AvgIpc) is 2.90. The van der Waals surface area contributed by atoms with Gasteiger partial charge >= 0.3 is 12.1 Å². The number of fused-ring (bicyclic) bond motifs is 1. The Labute approximate surface area is 224 Å². The smallest absolute Gasteiger partial charge is 0.412 e. The summed E-state index contributed by atoms with van der Waals surface area (Å²) in [6.07, 6.45) is -1.82. The SMILES string of the molecule is CCOC(=O)C(OC1Cc2ccccc2CN1C(=O)OC(C)(C)C)c1ccc(OCc2ccccc2)cc1. The lowest BCUT2D eigenvalue weighted by atomic mass is 9.98. The highest BCUT2D eigenvalue weighted by atomic mass is 16.6. The van der Waals surface area contributed by atoms with Crippen LogP contribution in [0.1, 0.15) is 56.1 Å². The maximum Gasteiger partial charge on any atom is 0.412 e. The number of esters is 1. The molecule has 2 unspecified atom stereocenters. The average molecular weight is 518 g/mol. The number of carbonyl (C=O) groups excluding carboxylic acids is 2. The van der Waals surface area contributed by atoms with Crippen LogP contribution in [0.5, 0.6) is 5.75 Å². The largest absolute Gasteiger partial charge is 0.489 e. The first kappa shape index (κ1) is 27.2. The zero-order valence-corrected chi connectivity index (χ0v) is 22.4. The molecule has 0 N–H and O–H groups in total. The molecule has 4 rings (SSSR count). The van der Waals surface area contributed by atoms with Gasteiger partial charge in [-0.15, -0.1) is 0 Å². The van der Waals surface area contributed by atoms with Gasteiger partial charge in [0.25, 0.3) is 0 Å². The Morgan fingerprint density at radius 2 is 1.58 bits per heavy atom. The van der Waals surface area contributed by atoms with Crippen molar-refractivity contribution < 1.29 is 28.5 Å². The van der Waals surface area contributed by atoms with Gasteiger partial charge in [0.15, 0.2) is 6.10 Å². The number of amides is 1. The zero-order chi connectivity index (χ0) is 27.1. The van der Waals surface area contributed by atoms with Crippen molar-refractivity contribution in [1.82, 2.24) is 4.90 Å². The second-order valence-electron chi connectivity index (χ2n) is 10.1. The Balaban J connectivity index is 1.56. The van der Waals surface area contributed by atoms with Crippen molar-refractivity contribution in [3.63, 3.8) is 0 Å². The first-order valence-corrected chi connectivity index (χ1v) is 12.9. The van der Waals surface area contributed by atoms with Gasteiger partial charge in [0.05, 0.1) is 13.2 Å². The molecule has 0 aromatic heterocycles. The Morgan fingerprint density at radius 3 is 2.24 bits per heavy atom. The fraction of sp³-hybridized carbons (Fsp3) is 0.355. The van der Waals surface area contributed by atoms with E-state index in [-0.39, 0.29) is 6.61 Å². The predicted molar refractivity (Wildman–Crippen MR) is 143 cm³/mol. The predicted octanol–water partition coefficient (Wildman–Crippen LogP) is 6.21. The Morgan fingerprint density at radius 1 is 0.921 bits per heavy atom. The van der Waals surface area contributed by atoms with Gasteiger partial charge in [-0.2, -0.15) is 0 Å². The minimum Gasteiger partial charge on any atom is -0.489 e. The van der Waals surface area contributed by atoms with Gasteiger partial charge in [-0.25, -0.2) is 9.59 Å². The highest BCUT2D eigenvalue weighted by Gasteiger charge is 2.37. The van der Waals surface area contributed by atoms with Gasteiger partial charge < -0.3 is 18.9 Å². The number of hydrogen-bond donors (Lipinski definition) is 0. The van der Waals surface area contributed by atoms with E-state index < -0.39 is 30.0 Å². The second kappa shape index (κ2) is 12.1. The van der Waals surface area contributed by atoms with E-state index >= 15 is 0 Å². The summed E-state index contributed by atoms with van der Waals surface area (Å²) in [4.78, 5) is 27.8. The van der Waals surface area contributed by atoms with Crippen LogP contribution in [0.15, 0.2) is 78.9 Å². The summed E-state index contributed by atoms with van der Waals surface area (Å²) in [5.74, 6) is 0.149. The number of ether oxygens (including phenoxy) is 4. The number of carbonyl (C=O) groups is 2. The van der Waals surface area contributed by atoms with Crippen molar-refractivity contribution in [2.75, 3.05) is 6.61 Å². The molecule has 1 amide bonds. The number of nitrogens with zero attached hydrogens (tertiary/aromatic N) is 1. The third kappa shape index (κ3) is 7.13. The second-order valence-corrected chi connectivity index (χ2v) is 10.1. The molecule has 0 aliphatic carbocycles. The molecule has 1 aliphatic rings. The molecule has 2 atom stereocenters. The summed E-state index contributed by atoms with van der Waals surface area (Å²) < 4.78 is 23.3. The summed E-state index contributed by atoms with van der Waals surface area (Å²) in [6.45, 7) is 8.17. The first-order valence-electron chi connectivity index (χ1n) is 12.9. The fourth-order valence-electron chi connectivity index (χ4n) is 4.24. The molecule has 0 saturated carbocycles. The van der Waals surface area contributed by atoms with Gasteiger partial charge in [0.2, 0.25) is 0 Å². The molecule has 200 valence electrons. The zero-order valence-electron chi connectivity index (χ0n) is 22.4. The maximum absolute atomic E-state index is 13.2.